The van der Waals surface area contributed by atoms with E-state index in [9.17, 15) is 4.39 Å². The molecule has 0 amide bonds. The fourth-order valence-corrected chi connectivity index (χ4v) is 2.45. The smallest absolute Gasteiger partial charge is 0.123 e. The molecular formula is C14H19FN2. The molecule has 1 unspecified atom stereocenters. The summed E-state index contributed by atoms with van der Waals surface area (Å²) in [5, 5.41) is 0.983. The number of aromatic nitrogens is 1. The van der Waals surface area contributed by atoms with Crippen LogP contribution in [-0.2, 0) is 7.05 Å². The first-order chi connectivity index (χ1) is 8.04. The molecule has 92 valence electrons. The molecule has 0 radical (unpaired) electrons. The first kappa shape index (κ1) is 12.1. The second kappa shape index (κ2) is 4.49. The number of hydrogen-bond donors (Lipinski definition) is 1. The van der Waals surface area contributed by atoms with E-state index in [0.717, 1.165) is 16.5 Å². The van der Waals surface area contributed by atoms with E-state index in [1.165, 1.54) is 6.07 Å². The zero-order valence-electron chi connectivity index (χ0n) is 10.6. The van der Waals surface area contributed by atoms with Crippen molar-refractivity contribution in [1.82, 2.24) is 4.57 Å². The van der Waals surface area contributed by atoms with Gasteiger partial charge in [0, 0.05) is 30.1 Å². The Kier molecular flexibility index (Phi) is 3.20. The topological polar surface area (TPSA) is 30.9 Å². The number of halogens is 1. The summed E-state index contributed by atoms with van der Waals surface area (Å²) >= 11 is 0. The molecular weight excluding hydrogens is 215 g/mol. The minimum absolute atomic E-state index is 0.190. The Morgan fingerprint density at radius 3 is 2.65 bits per heavy atom. The largest absolute Gasteiger partial charge is 0.350 e. The highest BCUT2D eigenvalue weighted by Gasteiger charge is 2.19. The minimum atomic E-state index is -0.190. The second-order valence-electron chi connectivity index (χ2n) is 4.94. The van der Waals surface area contributed by atoms with Gasteiger partial charge in [0.2, 0.25) is 0 Å². The number of nitrogens with two attached hydrogens (primary N) is 1. The van der Waals surface area contributed by atoms with Crippen molar-refractivity contribution in [2.75, 3.05) is 6.54 Å². The number of fused-ring (bicyclic) bond motifs is 1. The van der Waals surface area contributed by atoms with Crippen LogP contribution in [0.5, 0.6) is 0 Å². The maximum absolute atomic E-state index is 13.4. The van der Waals surface area contributed by atoms with Crippen molar-refractivity contribution in [2.24, 2.45) is 18.7 Å². The molecule has 17 heavy (non-hydrogen) atoms. The van der Waals surface area contributed by atoms with E-state index in [2.05, 4.69) is 20.0 Å². The molecule has 2 rings (SSSR count). The second-order valence-corrected chi connectivity index (χ2v) is 4.94. The van der Waals surface area contributed by atoms with Crippen molar-refractivity contribution in [1.29, 1.82) is 0 Å². The lowest BCUT2D eigenvalue weighted by molar-refractivity contribution is 0.508. The lowest BCUT2D eigenvalue weighted by Crippen LogP contribution is -2.17. The maximum Gasteiger partial charge on any atom is 0.123 e. The Bertz CT molecular complexity index is 528. The lowest BCUT2D eigenvalue weighted by atomic mass is 9.88. The lowest BCUT2D eigenvalue weighted by Gasteiger charge is -2.18. The molecule has 1 heterocycles. The third-order valence-electron chi connectivity index (χ3n) is 3.44. The molecule has 0 aliphatic carbocycles. The molecule has 1 atom stereocenters. The van der Waals surface area contributed by atoms with Crippen molar-refractivity contribution in [2.45, 2.75) is 19.8 Å². The normalized spacial score (nSPS) is 13.5. The third-order valence-corrected chi connectivity index (χ3v) is 3.44. The molecule has 0 fully saturated rings. The van der Waals surface area contributed by atoms with Crippen molar-refractivity contribution in [3.05, 3.63) is 35.8 Å². The van der Waals surface area contributed by atoms with Gasteiger partial charge in [0.25, 0.3) is 0 Å². The van der Waals surface area contributed by atoms with Crippen LogP contribution in [0.1, 0.15) is 25.3 Å². The first-order valence-electron chi connectivity index (χ1n) is 5.99. The van der Waals surface area contributed by atoms with Crippen molar-refractivity contribution < 1.29 is 4.39 Å². The van der Waals surface area contributed by atoms with Crippen LogP contribution in [0.2, 0.25) is 0 Å². The van der Waals surface area contributed by atoms with Crippen LogP contribution in [0.25, 0.3) is 10.9 Å². The predicted octanol–water partition coefficient (Wildman–Crippen LogP) is 3.02. The highest BCUT2D eigenvalue weighted by Crippen LogP contribution is 2.31. The van der Waals surface area contributed by atoms with Crippen molar-refractivity contribution >= 4 is 10.9 Å². The van der Waals surface area contributed by atoms with Crippen molar-refractivity contribution in [3.63, 3.8) is 0 Å². The van der Waals surface area contributed by atoms with E-state index in [1.54, 1.807) is 6.07 Å². The van der Waals surface area contributed by atoms with Crippen LogP contribution in [0.3, 0.4) is 0 Å². The van der Waals surface area contributed by atoms with E-state index in [0.29, 0.717) is 12.5 Å². The Hall–Kier alpha value is -1.35. The monoisotopic (exact) mass is 234 g/mol. The Morgan fingerprint density at radius 2 is 2.06 bits per heavy atom. The van der Waals surface area contributed by atoms with Gasteiger partial charge in [-0.3, -0.25) is 0 Å². The summed E-state index contributed by atoms with van der Waals surface area (Å²) in [7, 11) is 1.98. The van der Waals surface area contributed by atoms with E-state index in [4.69, 9.17) is 5.73 Å². The highest BCUT2D eigenvalue weighted by molar-refractivity contribution is 5.84. The molecule has 0 aliphatic heterocycles. The maximum atomic E-state index is 13.4. The molecule has 2 nitrogen and oxygen atoms in total. The Morgan fingerprint density at radius 1 is 1.35 bits per heavy atom. The average molecular weight is 234 g/mol. The third kappa shape index (κ3) is 2.07. The molecule has 0 saturated heterocycles. The van der Waals surface area contributed by atoms with Gasteiger partial charge in [-0.1, -0.05) is 13.8 Å². The quantitative estimate of drug-likeness (QED) is 0.869. The van der Waals surface area contributed by atoms with Crippen LogP contribution in [0.15, 0.2) is 24.4 Å². The van der Waals surface area contributed by atoms with Crippen LogP contribution in [-0.4, -0.2) is 11.1 Å². The molecule has 3 heteroatoms. The van der Waals surface area contributed by atoms with E-state index in [-0.39, 0.29) is 11.7 Å². The molecule has 1 aromatic heterocycles. The summed E-state index contributed by atoms with van der Waals surface area (Å²) < 4.78 is 15.4. The van der Waals surface area contributed by atoms with Gasteiger partial charge in [-0.2, -0.15) is 0 Å². The summed E-state index contributed by atoms with van der Waals surface area (Å²) in [6, 6.07) is 4.93. The summed E-state index contributed by atoms with van der Waals surface area (Å²) in [4.78, 5) is 0. The first-order valence-corrected chi connectivity index (χ1v) is 5.99. The van der Waals surface area contributed by atoms with Crippen LogP contribution in [0, 0.1) is 11.7 Å². The van der Waals surface area contributed by atoms with Gasteiger partial charge < -0.3 is 10.3 Å². The zero-order valence-corrected chi connectivity index (χ0v) is 10.6. The van der Waals surface area contributed by atoms with Gasteiger partial charge in [0.1, 0.15) is 5.82 Å². The fraction of sp³-hybridized carbons (Fsp3) is 0.429. The molecule has 0 bridgehead atoms. The van der Waals surface area contributed by atoms with Gasteiger partial charge in [0.15, 0.2) is 0 Å². The molecule has 2 aromatic rings. The van der Waals surface area contributed by atoms with Gasteiger partial charge >= 0.3 is 0 Å². The number of hydrogen-bond acceptors (Lipinski definition) is 1. The molecule has 0 aliphatic rings. The van der Waals surface area contributed by atoms with Gasteiger partial charge in [-0.25, -0.2) is 4.39 Å². The predicted molar refractivity (Wildman–Crippen MR) is 69.5 cm³/mol. The summed E-state index contributed by atoms with van der Waals surface area (Å²) in [5.41, 5.74) is 8.05. The molecule has 1 aromatic carbocycles. The number of nitrogens with zero attached hydrogens (tertiary/aromatic N) is 1. The minimum Gasteiger partial charge on any atom is -0.350 e. The average Bonchev–Trinajstić information content (AvgIpc) is 2.56. The highest BCUT2D eigenvalue weighted by atomic mass is 19.1. The number of rotatable bonds is 3. The van der Waals surface area contributed by atoms with Gasteiger partial charge in [0.05, 0.1) is 0 Å². The number of aryl methyl sites for hydroxylation is 1. The van der Waals surface area contributed by atoms with E-state index in [1.807, 2.05) is 17.7 Å². The fourth-order valence-electron chi connectivity index (χ4n) is 2.45. The summed E-state index contributed by atoms with van der Waals surface area (Å²) in [5.74, 6) is 0.541. The van der Waals surface area contributed by atoms with Crippen molar-refractivity contribution in [3.8, 4) is 0 Å². The summed E-state index contributed by atoms with van der Waals surface area (Å²) in [6.45, 7) is 4.89. The molecule has 0 saturated carbocycles. The molecule has 2 N–H and O–H groups in total. The van der Waals surface area contributed by atoms with Gasteiger partial charge in [-0.15, -0.1) is 0 Å². The number of benzene rings is 1. The Labute approximate surface area is 101 Å². The van der Waals surface area contributed by atoms with E-state index < -0.39 is 0 Å². The van der Waals surface area contributed by atoms with Crippen LogP contribution in [0.4, 0.5) is 4.39 Å². The van der Waals surface area contributed by atoms with Gasteiger partial charge in [-0.05, 0) is 36.2 Å². The zero-order chi connectivity index (χ0) is 12.6. The van der Waals surface area contributed by atoms with Crippen LogP contribution < -0.4 is 5.73 Å². The Balaban J connectivity index is 2.64. The van der Waals surface area contributed by atoms with E-state index >= 15 is 0 Å². The SMILES string of the molecule is CC(C)C(CN)c1cn(C)c2ccc(F)cc12. The molecule has 0 spiro atoms. The van der Waals surface area contributed by atoms with Crippen LogP contribution >= 0.6 is 0 Å². The standard InChI is InChI=1S/C14H19FN2/c1-9(2)12(7-16)13-8-17(3)14-5-4-10(15)6-11(13)14/h4-6,8-9,12H,7,16H2,1-3H3. The summed E-state index contributed by atoms with van der Waals surface area (Å²) in [6.07, 6.45) is 2.07.